The molecule has 3 rings (SSSR count). The van der Waals surface area contributed by atoms with Crippen LogP contribution in [0.4, 0.5) is 13.6 Å². The number of hydrogen-bond donors (Lipinski definition) is 2. The van der Waals surface area contributed by atoms with Gasteiger partial charge in [0, 0.05) is 26.2 Å². The van der Waals surface area contributed by atoms with Crippen molar-refractivity contribution >= 4 is 17.8 Å². The van der Waals surface area contributed by atoms with Crippen molar-refractivity contribution in [3.63, 3.8) is 0 Å². The minimum Gasteiger partial charge on any atom is -0.374 e. The molecule has 10 heteroatoms. The number of rotatable bonds is 7. The van der Waals surface area contributed by atoms with Crippen molar-refractivity contribution in [1.82, 2.24) is 20.4 Å². The first-order chi connectivity index (χ1) is 14.6. The highest BCUT2D eigenvalue weighted by atomic mass is 19.2. The Morgan fingerprint density at radius 2 is 2.06 bits per heavy atom. The van der Waals surface area contributed by atoms with Gasteiger partial charge >= 0.3 is 6.03 Å². The van der Waals surface area contributed by atoms with E-state index in [2.05, 4.69) is 29.4 Å². The first kappa shape index (κ1) is 23.1. The molecule has 0 aromatic heterocycles. The Labute approximate surface area is 179 Å². The number of carbonyl (C=O) groups is 3. The van der Waals surface area contributed by atoms with E-state index >= 15 is 0 Å². The van der Waals surface area contributed by atoms with Crippen LogP contribution in [-0.4, -0.2) is 73.1 Å². The average molecular weight is 438 g/mol. The summed E-state index contributed by atoms with van der Waals surface area (Å²) in [6, 6.07) is 2.20. The van der Waals surface area contributed by atoms with Gasteiger partial charge in [-0.1, -0.05) is 19.9 Å². The number of benzene rings is 1. The second-order valence-corrected chi connectivity index (χ2v) is 8.53. The van der Waals surface area contributed by atoms with Crippen LogP contribution in [0.15, 0.2) is 18.2 Å². The summed E-state index contributed by atoms with van der Waals surface area (Å²) in [5.74, 6) is -2.89. The predicted octanol–water partition coefficient (Wildman–Crippen LogP) is 1.20. The molecule has 0 bridgehead atoms. The standard InChI is InChI=1S/C21H28F2N4O4/c1-13(2)10-26-6-7-31-15(11-26)9-24-18(28)12-27-19(29)21(3,25-20(27)30)14-4-5-16(22)17(23)8-14/h4-5,8,13,15H,6-7,9-12H2,1-3H3,(H,24,28)(H,25,30). The van der Waals surface area contributed by atoms with Gasteiger partial charge < -0.3 is 15.4 Å². The number of halogens is 2. The molecule has 31 heavy (non-hydrogen) atoms. The first-order valence-electron chi connectivity index (χ1n) is 10.3. The number of nitrogens with zero attached hydrogens (tertiary/aromatic N) is 2. The molecule has 1 aromatic rings. The van der Waals surface area contributed by atoms with Crippen molar-refractivity contribution in [2.75, 3.05) is 39.3 Å². The van der Waals surface area contributed by atoms with Crippen molar-refractivity contribution in [1.29, 1.82) is 0 Å². The Hall–Kier alpha value is -2.59. The van der Waals surface area contributed by atoms with Crippen LogP contribution in [0, 0.1) is 17.6 Å². The Bertz CT molecular complexity index is 866. The lowest BCUT2D eigenvalue weighted by atomic mass is 9.92. The normalized spacial score (nSPS) is 24.6. The van der Waals surface area contributed by atoms with Crippen molar-refractivity contribution in [2.24, 2.45) is 5.92 Å². The van der Waals surface area contributed by atoms with E-state index < -0.39 is 41.6 Å². The molecular formula is C21H28F2N4O4. The van der Waals surface area contributed by atoms with E-state index in [9.17, 15) is 23.2 Å². The fourth-order valence-corrected chi connectivity index (χ4v) is 3.86. The summed E-state index contributed by atoms with van der Waals surface area (Å²) in [6.07, 6.45) is -0.174. The summed E-state index contributed by atoms with van der Waals surface area (Å²) in [5, 5.41) is 5.17. The molecule has 2 atom stereocenters. The van der Waals surface area contributed by atoms with E-state index in [1.54, 1.807) is 0 Å². The molecule has 0 spiro atoms. The molecule has 170 valence electrons. The highest BCUT2D eigenvalue weighted by Crippen LogP contribution is 2.29. The number of imide groups is 1. The highest BCUT2D eigenvalue weighted by Gasteiger charge is 2.49. The van der Waals surface area contributed by atoms with Gasteiger partial charge in [-0.3, -0.25) is 19.4 Å². The fourth-order valence-electron chi connectivity index (χ4n) is 3.86. The molecule has 8 nitrogen and oxygen atoms in total. The molecular weight excluding hydrogens is 410 g/mol. The number of nitrogens with one attached hydrogen (secondary N) is 2. The van der Waals surface area contributed by atoms with Crippen molar-refractivity contribution in [2.45, 2.75) is 32.4 Å². The van der Waals surface area contributed by atoms with Gasteiger partial charge in [0.25, 0.3) is 5.91 Å². The number of carbonyl (C=O) groups excluding carboxylic acids is 3. The monoisotopic (exact) mass is 438 g/mol. The van der Waals surface area contributed by atoms with Crippen LogP contribution in [0.25, 0.3) is 0 Å². The highest BCUT2D eigenvalue weighted by molar-refractivity contribution is 6.09. The third kappa shape index (κ3) is 5.19. The lowest BCUT2D eigenvalue weighted by Gasteiger charge is -2.34. The maximum atomic E-state index is 13.6. The van der Waals surface area contributed by atoms with Gasteiger partial charge in [0.1, 0.15) is 12.1 Å². The summed E-state index contributed by atoms with van der Waals surface area (Å²) >= 11 is 0. The van der Waals surface area contributed by atoms with Gasteiger partial charge in [-0.2, -0.15) is 0 Å². The molecule has 4 amide bonds. The lowest BCUT2D eigenvalue weighted by molar-refractivity contribution is -0.135. The van der Waals surface area contributed by atoms with Gasteiger partial charge in [-0.25, -0.2) is 13.6 Å². The SMILES string of the molecule is CC(C)CN1CCOC(CNC(=O)CN2C(=O)NC(C)(c3ccc(F)c(F)c3)C2=O)C1. The Morgan fingerprint density at radius 1 is 1.32 bits per heavy atom. The summed E-state index contributed by atoms with van der Waals surface area (Å²) in [7, 11) is 0. The van der Waals surface area contributed by atoms with Gasteiger partial charge in [-0.15, -0.1) is 0 Å². The smallest absolute Gasteiger partial charge is 0.325 e. The van der Waals surface area contributed by atoms with Crippen molar-refractivity contribution in [3.8, 4) is 0 Å². The maximum Gasteiger partial charge on any atom is 0.325 e. The Morgan fingerprint density at radius 3 is 2.74 bits per heavy atom. The number of hydrogen-bond acceptors (Lipinski definition) is 5. The fraction of sp³-hybridized carbons (Fsp3) is 0.571. The largest absolute Gasteiger partial charge is 0.374 e. The minimum atomic E-state index is -1.59. The number of urea groups is 1. The van der Waals surface area contributed by atoms with Gasteiger partial charge in [-0.05, 0) is 30.5 Å². The van der Waals surface area contributed by atoms with Crippen LogP contribution >= 0.6 is 0 Å². The zero-order valence-corrected chi connectivity index (χ0v) is 17.9. The molecule has 2 heterocycles. The van der Waals surface area contributed by atoms with E-state index in [1.807, 2.05) is 0 Å². The third-order valence-electron chi connectivity index (χ3n) is 5.45. The molecule has 2 saturated heterocycles. The van der Waals surface area contributed by atoms with Gasteiger partial charge in [0.05, 0.1) is 12.7 Å². The maximum absolute atomic E-state index is 13.6. The molecule has 2 aliphatic rings. The number of amides is 4. The molecule has 2 unspecified atom stereocenters. The molecule has 0 aliphatic carbocycles. The van der Waals surface area contributed by atoms with E-state index in [-0.39, 0.29) is 18.2 Å². The van der Waals surface area contributed by atoms with E-state index in [0.717, 1.165) is 30.1 Å². The Kier molecular flexibility index (Phi) is 6.90. The van der Waals surface area contributed by atoms with E-state index in [4.69, 9.17) is 4.74 Å². The summed E-state index contributed by atoms with van der Waals surface area (Å²) in [4.78, 5) is 40.6. The van der Waals surface area contributed by atoms with Crippen LogP contribution in [0.2, 0.25) is 0 Å². The van der Waals surface area contributed by atoms with Crippen LogP contribution in [0.3, 0.4) is 0 Å². The van der Waals surface area contributed by atoms with E-state index in [0.29, 0.717) is 19.1 Å². The van der Waals surface area contributed by atoms with Crippen molar-refractivity contribution in [3.05, 3.63) is 35.4 Å². The zero-order chi connectivity index (χ0) is 22.8. The second-order valence-electron chi connectivity index (χ2n) is 8.53. The summed E-state index contributed by atoms with van der Waals surface area (Å²) < 4.78 is 32.5. The van der Waals surface area contributed by atoms with Crippen molar-refractivity contribution < 1.29 is 27.9 Å². The van der Waals surface area contributed by atoms with Gasteiger partial charge in [0.15, 0.2) is 11.6 Å². The third-order valence-corrected chi connectivity index (χ3v) is 5.45. The Balaban J connectivity index is 1.57. The number of morpholine rings is 1. The quantitative estimate of drug-likeness (QED) is 0.625. The average Bonchev–Trinajstić information content (AvgIpc) is 2.92. The summed E-state index contributed by atoms with van der Waals surface area (Å²) in [6.45, 7) is 8.49. The molecule has 0 saturated carbocycles. The van der Waals surface area contributed by atoms with E-state index in [1.165, 1.54) is 13.0 Å². The minimum absolute atomic E-state index is 0.0912. The number of ether oxygens (including phenoxy) is 1. The topological polar surface area (TPSA) is 91.0 Å². The first-order valence-corrected chi connectivity index (χ1v) is 10.3. The van der Waals surface area contributed by atoms with Crippen LogP contribution in [0.5, 0.6) is 0 Å². The lowest BCUT2D eigenvalue weighted by Crippen LogP contribution is -2.50. The predicted molar refractivity (Wildman–Crippen MR) is 108 cm³/mol. The molecule has 0 radical (unpaired) electrons. The second kappa shape index (κ2) is 9.27. The summed E-state index contributed by atoms with van der Waals surface area (Å²) in [5.41, 5.74) is -1.50. The van der Waals surface area contributed by atoms with Crippen LogP contribution < -0.4 is 10.6 Å². The zero-order valence-electron chi connectivity index (χ0n) is 17.9. The van der Waals surface area contributed by atoms with Crippen LogP contribution in [0.1, 0.15) is 26.3 Å². The molecule has 2 N–H and O–H groups in total. The molecule has 2 aliphatic heterocycles. The molecule has 2 fully saturated rings. The van der Waals surface area contributed by atoms with Gasteiger partial charge in [0.2, 0.25) is 5.91 Å². The molecule has 1 aromatic carbocycles. The van der Waals surface area contributed by atoms with Crippen LogP contribution in [-0.2, 0) is 19.9 Å².